The first kappa shape index (κ1) is 104. The molecule has 0 radical (unpaired) electrons. The third-order valence-electron chi connectivity index (χ3n) is 18.0. The van der Waals surface area contributed by atoms with E-state index >= 15 is 4.39 Å². The molecule has 16 rings (SSSR count). The number of rotatable bonds is 14. The van der Waals surface area contributed by atoms with Gasteiger partial charge in [0.05, 0.1) is 49.3 Å². The molecule has 22 nitrogen and oxygen atoms in total. The number of nitrogens with one attached hydrogen (secondary N) is 2. The van der Waals surface area contributed by atoms with E-state index in [4.69, 9.17) is 84.9 Å². The molecule has 5 fully saturated rings. The molecule has 0 amide bonds. The number of hydrogen-bond donors (Lipinski definition) is 4. The van der Waals surface area contributed by atoms with Crippen LogP contribution in [0.5, 0.6) is 17.4 Å². The van der Waals surface area contributed by atoms with Crippen LogP contribution in [-0.2, 0) is 60.8 Å². The van der Waals surface area contributed by atoms with Gasteiger partial charge < -0.3 is 60.8 Å². The van der Waals surface area contributed by atoms with Crippen LogP contribution in [0.1, 0.15) is 102 Å². The van der Waals surface area contributed by atoms with E-state index in [1.54, 1.807) is 108 Å². The van der Waals surface area contributed by atoms with E-state index in [0.717, 1.165) is 46.5 Å². The number of alkyl halides is 3. The van der Waals surface area contributed by atoms with E-state index in [9.17, 15) is 35.4 Å². The molecule has 4 N–H and O–H groups in total. The minimum Gasteiger partial charge on any atom is -1.00 e. The summed E-state index contributed by atoms with van der Waals surface area (Å²) in [6, 6.07) is 48.0. The Labute approximate surface area is 844 Å². The van der Waals surface area contributed by atoms with Crippen molar-refractivity contribution in [3.8, 4) is 17.4 Å². The number of phenolic OH excluding ortho intramolecular Hbond substituents is 1. The summed E-state index contributed by atoms with van der Waals surface area (Å²) < 4.78 is 115. The molecule has 630 valence electrons. The van der Waals surface area contributed by atoms with Gasteiger partial charge >= 0.3 is 138 Å². The van der Waals surface area contributed by atoms with E-state index < -0.39 is 34.0 Å². The van der Waals surface area contributed by atoms with Crippen molar-refractivity contribution in [2.24, 2.45) is 0 Å². The van der Waals surface area contributed by atoms with E-state index in [-0.39, 0.29) is 175 Å². The van der Waals surface area contributed by atoms with Crippen LogP contribution in [0, 0.1) is 0 Å². The monoisotopic (exact) mass is 2090 g/mol. The largest absolute Gasteiger partial charge is 1.00 e. The van der Waals surface area contributed by atoms with Gasteiger partial charge in [-0.05, 0) is 131 Å². The molecule has 0 spiro atoms. The van der Waals surface area contributed by atoms with Crippen molar-refractivity contribution in [2.45, 2.75) is 101 Å². The number of carbonyl (C=O) groups is 2. The SMILES string of the molecule is CCN(CC)S(F)(F)F.Clc1ncccc1Br.FC1(c2cccnc2Cl)CCOCC1.FC1(c2cccnc2Cl)CCOCC1.FC1(c2cccnc2Oc2ccc(Nc3nc4ccccc4s3)cc2)CCOCC1.O=C1CCOCC1.O=CO[O-].OC1(c2cccnc2Cl)CCOCC1.Oc1ccc(Nc2nc3ccccc3s2)cc1.[Cs+].[Cs+].[H-]. The van der Waals surface area contributed by atoms with Crippen LogP contribution in [0.2, 0.25) is 20.6 Å². The van der Waals surface area contributed by atoms with Gasteiger partial charge in [-0.15, -0.1) is 11.7 Å². The number of thiazole rings is 2. The van der Waals surface area contributed by atoms with Crippen LogP contribution in [-0.4, -0.2) is 141 Å². The topological polar surface area (TPSA) is 280 Å². The van der Waals surface area contributed by atoms with Gasteiger partial charge in [0, 0.05) is 189 Å². The molecule has 12 heterocycles. The third kappa shape index (κ3) is 34.4. The van der Waals surface area contributed by atoms with E-state index in [1.807, 2.05) is 91.0 Å². The number of anilines is 4. The van der Waals surface area contributed by atoms with Crippen molar-refractivity contribution in [1.29, 1.82) is 0 Å². The van der Waals surface area contributed by atoms with Crippen molar-refractivity contribution in [1.82, 2.24) is 39.2 Å². The van der Waals surface area contributed by atoms with Gasteiger partial charge in [0.15, 0.2) is 10.3 Å². The number of ketones is 1. The minimum atomic E-state index is -4.93. The number of aliphatic hydroxyl groups is 1. The molecular weight excluding hydrogens is 2000 g/mol. The smallest absolute Gasteiger partial charge is 1.00 e. The summed E-state index contributed by atoms with van der Waals surface area (Å²) in [5.74, 6) is 1.50. The summed E-state index contributed by atoms with van der Waals surface area (Å²) in [4.78, 5) is 50.5. The van der Waals surface area contributed by atoms with Gasteiger partial charge in [-0.25, -0.2) is 48.1 Å². The normalized spacial score (nSPS) is 16.0. The second-order valence-electron chi connectivity index (χ2n) is 25.8. The van der Waals surface area contributed by atoms with E-state index in [0.29, 0.717) is 185 Å². The number of hydrogen-bond acceptors (Lipinski definition) is 24. The maximum absolute atomic E-state index is 15.4. The maximum Gasteiger partial charge on any atom is 1.00 e. The number of pyridine rings is 5. The summed E-state index contributed by atoms with van der Waals surface area (Å²) in [5, 5.41) is 37.6. The van der Waals surface area contributed by atoms with Crippen LogP contribution in [0.15, 0.2) is 193 Å². The summed E-state index contributed by atoms with van der Waals surface area (Å²) in [7, 11) is 0. The molecule has 5 saturated heterocycles. The van der Waals surface area contributed by atoms with Crippen molar-refractivity contribution < 1.29 is 222 Å². The van der Waals surface area contributed by atoms with Crippen LogP contribution in [0.25, 0.3) is 20.4 Å². The minimum absolute atomic E-state index is 0. The number of phenols is 1. The Hall–Kier alpha value is -3.90. The number of ether oxygens (including phenoxy) is 6. The van der Waals surface area contributed by atoms with Gasteiger partial charge in [-0.2, -0.15) is 4.31 Å². The van der Waals surface area contributed by atoms with Crippen molar-refractivity contribution in [3.05, 3.63) is 236 Å². The van der Waals surface area contributed by atoms with Crippen LogP contribution < -0.4 is 158 Å². The number of benzene rings is 4. The number of carbonyl (C=O) groups excluding carboxylic acids is 2. The second-order valence-corrected chi connectivity index (χ2v) is 31.4. The fraction of sp³-hybridized carbons (Fsp3) is 0.346. The molecule has 119 heavy (non-hydrogen) atoms. The summed E-state index contributed by atoms with van der Waals surface area (Å²) >= 11 is 24.7. The Morgan fingerprint density at radius 1 is 0.521 bits per heavy atom. The molecule has 5 aliphatic heterocycles. The number of Topliss-reactive ketones (excluding diaryl/α,β-unsaturated/α-hetero) is 1. The fourth-order valence-electron chi connectivity index (χ4n) is 11.7. The molecule has 11 aromatic rings. The Morgan fingerprint density at radius 3 is 1.22 bits per heavy atom. The molecular formula is C81H87BrCl4Cs2F6N10O12S3. The third-order valence-corrected chi connectivity index (χ3v) is 23.1. The molecule has 4 aromatic carbocycles. The van der Waals surface area contributed by atoms with Gasteiger partial charge in [0.2, 0.25) is 5.88 Å². The summed E-state index contributed by atoms with van der Waals surface area (Å²) in [6.45, 7) is 7.96. The first-order valence-electron chi connectivity index (χ1n) is 36.8. The van der Waals surface area contributed by atoms with Crippen molar-refractivity contribution in [3.63, 3.8) is 0 Å². The molecule has 38 heteroatoms. The predicted molar refractivity (Wildman–Crippen MR) is 449 cm³/mol. The number of aromatic nitrogens is 7. The van der Waals surface area contributed by atoms with Crippen molar-refractivity contribution >= 4 is 151 Å². The van der Waals surface area contributed by atoms with E-state index in [1.165, 1.54) is 13.8 Å². The number of fused-ring (bicyclic) bond motifs is 2. The second kappa shape index (κ2) is 54.2. The molecule has 0 aliphatic carbocycles. The van der Waals surface area contributed by atoms with Gasteiger partial charge in [-0.3, -0.25) is 9.59 Å². The quantitative estimate of drug-likeness (QED) is 0.0197. The Balaban J connectivity index is 0.000000252. The number of nitrogens with zero attached hydrogens (tertiary/aromatic N) is 8. The van der Waals surface area contributed by atoms with Gasteiger partial charge in [0.25, 0.3) is 17.8 Å². The van der Waals surface area contributed by atoms with Gasteiger partial charge in [0.1, 0.15) is 54.9 Å². The Bertz CT molecular complexity index is 4580. The molecule has 7 aromatic heterocycles. The van der Waals surface area contributed by atoms with Crippen LogP contribution >= 0.6 is 96.4 Å². The standard InChI is InChI=1S/C23H20FN3O2S.C13H10N2OS.2C10H11ClFNO.C10H12ClNO2.C5H3BrClN.C5H8O2.C4H10F3NS.CH2O3.2Cs.H/c24-23(11-14-28-15-12-23)18-4-3-13-25-21(18)29-17-9-7-16(8-10-17)26-22-27-19-5-1-2-6-20(19)30-22;16-10-7-5-9(6-8-10)14-13-15-11-3-1-2-4-12(11)17-13;2*11-9-8(2-1-5-13-9)10(12)3-6-14-7-4-10;11-9-8(2-1-5-12-9)10(13)3-6-14-7-4-10;6-4-2-1-3-8-5(4)7;6-5-1-3-7-4-2-5;1-3-8(4-2)9(5,6)7;2-1-4-3;;;/h1-10,13H,11-12,14-15H2,(H,26,27);1-8,16H,(H,14,15);2*1-2,5H,3-4,6-7H2;1-2,5,13H,3-4,6-7H2;1-3H;1-4H2;3-4H2,1-2H3;1,3H;;;/q;;;;;;;;;2*+1;-1/p-1. The number of aromatic hydroxyl groups is 1. The fourth-order valence-corrected chi connectivity index (χ4v) is 15.3. The summed E-state index contributed by atoms with van der Waals surface area (Å²) in [6.07, 6.45) is 12.5. The molecule has 5 aliphatic rings. The zero-order valence-corrected chi connectivity index (χ0v) is 85.1. The number of halogens is 11. The Kier molecular flexibility index (Phi) is 47.3. The first-order valence-corrected chi connectivity index (χ1v) is 42.0. The van der Waals surface area contributed by atoms with Crippen molar-refractivity contribution in [2.75, 3.05) is 89.8 Å². The molecule has 0 bridgehead atoms. The summed E-state index contributed by atoms with van der Waals surface area (Å²) in [5.41, 5.74) is 0.910. The molecule has 0 saturated carbocycles. The van der Waals surface area contributed by atoms with Crippen LogP contribution in [0.3, 0.4) is 0 Å². The zero-order valence-electron chi connectivity index (χ0n) is 66.5. The first-order chi connectivity index (χ1) is 56.3. The average molecular weight is 2090 g/mol. The zero-order chi connectivity index (χ0) is 84.1. The molecule has 0 unspecified atom stereocenters. The predicted octanol–water partition coefficient (Wildman–Crippen LogP) is 15.2. The molecule has 0 atom stereocenters. The average Bonchev–Trinajstić information content (AvgIpc) is 1.23. The maximum atomic E-state index is 15.4. The number of para-hydroxylation sites is 2. The Morgan fingerprint density at radius 2 is 0.874 bits per heavy atom. The van der Waals surface area contributed by atoms with Crippen LogP contribution in [0.4, 0.5) is 46.5 Å². The van der Waals surface area contributed by atoms with E-state index in [2.05, 4.69) is 78.5 Å². The van der Waals surface area contributed by atoms with Gasteiger partial charge in [-0.1, -0.05) is 125 Å².